The quantitative estimate of drug-likeness (QED) is 0.476. The van der Waals surface area contributed by atoms with Gasteiger partial charge in [-0.25, -0.2) is 4.39 Å². The van der Waals surface area contributed by atoms with Crippen molar-refractivity contribution in [2.75, 3.05) is 13.1 Å². The topological polar surface area (TPSA) is 63.3 Å². The lowest BCUT2D eigenvalue weighted by Gasteiger charge is -2.16. The van der Waals surface area contributed by atoms with Gasteiger partial charge in [0.25, 0.3) is 5.91 Å². The van der Waals surface area contributed by atoms with Crippen molar-refractivity contribution in [3.63, 3.8) is 0 Å². The van der Waals surface area contributed by atoms with Gasteiger partial charge in [-0.3, -0.25) is 14.0 Å². The molecule has 1 aliphatic heterocycles. The molecule has 1 saturated heterocycles. The Morgan fingerprint density at radius 3 is 2.59 bits per heavy atom. The number of aliphatic hydroxyl groups is 1. The fraction of sp³-hybridized carbons (Fsp3) is 0.273. The van der Waals surface area contributed by atoms with Crippen molar-refractivity contribution in [2.24, 2.45) is 7.05 Å². The molecule has 1 fully saturated rings. The molecule has 1 amide bonds. The zero-order valence-corrected chi connectivity index (χ0v) is 16.9. The number of aryl methyl sites for hydroxylation is 1. The fourth-order valence-corrected chi connectivity index (χ4v) is 4.27. The molecule has 6 nitrogen and oxygen atoms in total. The van der Waals surface area contributed by atoms with Crippen molar-refractivity contribution in [3.05, 3.63) is 59.5 Å². The highest BCUT2D eigenvalue weighted by molar-refractivity contribution is 6.10. The van der Waals surface area contributed by atoms with E-state index in [2.05, 4.69) is 5.10 Å². The van der Waals surface area contributed by atoms with Crippen molar-refractivity contribution >= 4 is 27.8 Å². The minimum absolute atomic E-state index is 0.191. The van der Waals surface area contributed by atoms with Crippen LogP contribution in [0.2, 0.25) is 0 Å². The van der Waals surface area contributed by atoms with Gasteiger partial charge in [-0.05, 0) is 42.8 Å². The van der Waals surface area contributed by atoms with Crippen LogP contribution in [0, 0.1) is 5.82 Å². The molecule has 1 aliphatic rings. The van der Waals surface area contributed by atoms with E-state index in [1.54, 1.807) is 45.6 Å². The van der Waals surface area contributed by atoms with E-state index in [1.165, 1.54) is 6.07 Å². The van der Waals surface area contributed by atoms with Crippen molar-refractivity contribution in [1.29, 1.82) is 0 Å². The van der Waals surface area contributed by atoms with Crippen molar-refractivity contribution in [2.45, 2.75) is 18.7 Å². The number of amides is 1. The third-order valence-electron chi connectivity index (χ3n) is 5.76. The van der Waals surface area contributed by atoms with E-state index < -0.39 is 23.7 Å². The monoisotopic (exact) mass is 446 g/mol. The van der Waals surface area contributed by atoms with Crippen LogP contribution in [0.15, 0.2) is 42.6 Å². The molecule has 3 heterocycles. The molecule has 0 radical (unpaired) electrons. The van der Waals surface area contributed by atoms with Gasteiger partial charge in [-0.1, -0.05) is 0 Å². The molecular formula is C22H18F4N4O2. The third-order valence-corrected chi connectivity index (χ3v) is 5.76. The number of aliphatic hydroxyl groups excluding tert-OH is 1. The van der Waals surface area contributed by atoms with E-state index in [4.69, 9.17) is 0 Å². The molecule has 32 heavy (non-hydrogen) atoms. The smallest absolute Gasteiger partial charge is 0.391 e. The van der Waals surface area contributed by atoms with Gasteiger partial charge in [0.05, 0.1) is 22.9 Å². The van der Waals surface area contributed by atoms with E-state index >= 15 is 0 Å². The molecule has 1 atom stereocenters. The Morgan fingerprint density at radius 2 is 1.94 bits per heavy atom. The molecule has 2 aromatic carbocycles. The van der Waals surface area contributed by atoms with Gasteiger partial charge in [0.15, 0.2) is 5.65 Å². The minimum Gasteiger partial charge on any atom is -0.391 e. The number of nitrogens with zero attached hydrogens (tertiary/aromatic N) is 4. The van der Waals surface area contributed by atoms with Crippen LogP contribution in [0.5, 0.6) is 0 Å². The molecule has 0 aliphatic carbocycles. The molecule has 0 bridgehead atoms. The van der Waals surface area contributed by atoms with Gasteiger partial charge in [-0.2, -0.15) is 18.3 Å². The number of carbonyl (C=O) groups excluding carboxylic acids is 1. The lowest BCUT2D eigenvalue weighted by molar-refractivity contribution is -0.140. The lowest BCUT2D eigenvalue weighted by atomic mass is 10.1. The summed E-state index contributed by atoms with van der Waals surface area (Å²) in [6.45, 7) is 0.733. The largest absolute Gasteiger partial charge is 0.419 e. The van der Waals surface area contributed by atoms with Crippen molar-refractivity contribution < 1.29 is 27.5 Å². The summed E-state index contributed by atoms with van der Waals surface area (Å²) in [7, 11) is 1.70. The molecule has 10 heteroatoms. The van der Waals surface area contributed by atoms with E-state index in [9.17, 15) is 27.5 Å². The Morgan fingerprint density at radius 1 is 1.16 bits per heavy atom. The van der Waals surface area contributed by atoms with Crippen LogP contribution in [-0.4, -0.2) is 49.5 Å². The summed E-state index contributed by atoms with van der Waals surface area (Å²) in [5, 5.41) is 15.5. The predicted octanol–water partition coefficient (Wildman–Crippen LogP) is 3.88. The van der Waals surface area contributed by atoms with Crippen LogP contribution in [0.1, 0.15) is 22.3 Å². The molecule has 2 aromatic heterocycles. The normalized spacial score (nSPS) is 17.1. The average Bonchev–Trinajstić information content (AvgIpc) is 3.39. The highest BCUT2D eigenvalue weighted by Gasteiger charge is 2.34. The van der Waals surface area contributed by atoms with Crippen LogP contribution in [0.3, 0.4) is 0 Å². The second-order valence-electron chi connectivity index (χ2n) is 7.96. The Hall–Kier alpha value is -3.40. The van der Waals surface area contributed by atoms with E-state index in [-0.39, 0.29) is 18.1 Å². The Labute approximate surface area is 179 Å². The molecule has 5 rings (SSSR count). The average molecular weight is 446 g/mol. The number of likely N-dealkylation sites (tertiary alicyclic amines) is 1. The first kappa shape index (κ1) is 20.5. The first-order valence-electron chi connectivity index (χ1n) is 9.96. The van der Waals surface area contributed by atoms with Crippen LogP contribution in [-0.2, 0) is 13.2 Å². The maximum absolute atomic E-state index is 14.3. The Kier molecular flexibility index (Phi) is 4.52. The second kappa shape index (κ2) is 7.06. The Balaban J connectivity index is 1.67. The van der Waals surface area contributed by atoms with Gasteiger partial charge in [0.1, 0.15) is 5.82 Å². The minimum atomic E-state index is -4.79. The van der Waals surface area contributed by atoms with Crippen LogP contribution >= 0.6 is 0 Å². The third kappa shape index (κ3) is 3.22. The van der Waals surface area contributed by atoms with Gasteiger partial charge < -0.3 is 10.0 Å². The fourth-order valence-electron chi connectivity index (χ4n) is 4.27. The van der Waals surface area contributed by atoms with Gasteiger partial charge in [0.2, 0.25) is 0 Å². The SMILES string of the molecule is Cn1cc2c3cc(C(=O)N4CC[C@@H](O)C4)ccc3n(-c3ccc(C(F)(F)F)c(F)c3)c2n1. The molecular weight excluding hydrogens is 428 g/mol. The maximum Gasteiger partial charge on any atom is 0.419 e. The summed E-state index contributed by atoms with van der Waals surface area (Å²) in [5.41, 5.74) is 0.294. The number of carbonyl (C=O) groups is 1. The Bertz CT molecular complexity index is 1370. The lowest BCUT2D eigenvalue weighted by Crippen LogP contribution is -2.29. The van der Waals surface area contributed by atoms with E-state index in [1.807, 2.05) is 0 Å². The summed E-state index contributed by atoms with van der Waals surface area (Å²) < 4.78 is 56.4. The van der Waals surface area contributed by atoms with E-state index in [0.717, 1.165) is 6.07 Å². The van der Waals surface area contributed by atoms with E-state index in [0.29, 0.717) is 46.5 Å². The van der Waals surface area contributed by atoms with Crippen molar-refractivity contribution in [1.82, 2.24) is 19.2 Å². The van der Waals surface area contributed by atoms with Gasteiger partial charge >= 0.3 is 6.18 Å². The first-order chi connectivity index (χ1) is 15.1. The molecule has 0 spiro atoms. The zero-order valence-electron chi connectivity index (χ0n) is 16.9. The van der Waals surface area contributed by atoms with Gasteiger partial charge in [0, 0.05) is 42.7 Å². The van der Waals surface area contributed by atoms with Crippen LogP contribution < -0.4 is 0 Å². The molecule has 0 unspecified atom stereocenters. The highest BCUT2D eigenvalue weighted by atomic mass is 19.4. The summed E-state index contributed by atoms with van der Waals surface area (Å²) in [6, 6.07) is 7.73. The summed E-state index contributed by atoms with van der Waals surface area (Å²) in [4.78, 5) is 14.4. The predicted molar refractivity (Wildman–Crippen MR) is 109 cm³/mol. The number of rotatable bonds is 2. The molecule has 0 saturated carbocycles. The summed E-state index contributed by atoms with van der Waals surface area (Å²) in [6.07, 6.45) is -3.07. The highest BCUT2D eigenvalue weighted by Crippen LogP contribution is 2.35. The number of hydrogen-bond donors (Lipinski definition) is 1. The number of alkyl halides is 3. The number of fused-ring (bicyclic) bond motifs is 3. The second-order valence-corrected chi connectivity index (χ2v) is 7.96. The van der Waals surface area contributed by atoms with Crippen LogP contribution in [0.4, 0.5) is 17.6 Å². The number of aromatic nitrogens is 3. The van der Waals surface area contributed by atoms with Crippen LogP contribution in [0.25, 0.3) is 27.6 Å². The number of β-amino-alcohol motifs (C(OH)–C–C–N with tert-alkyl or cyclic N) is 1. The molecule has 4 aromatic rings. The summed E-state index contributed by atoms with van der Waals surface area (Å²) >= 11 is 0. The zero-order chi connectivity index (χ0) is 22.8. The number of benzene rings is 2. The molecule has 1 N–H and O–H groups in total. The molecule has 166 valence electrons. The van der Waals surface area contributed by atoms with Gasteiger partial charge in [-0.15, -0.1) is 0 Å². The first-order valence-corrected chi connectivity index (χ1v) is 9.96. The summed E-state index contributed by atoms with van der Waals surface area (Å²) in [5.74, 6) is -1.59. The maximum atomic E-state index is 14.3. The van der Waals surface area contributed by atoms with Crippen molar-refractivity contribution in [3.8, 4) is 5.69 Å². The number of hydrogen-bond acceptors (Lipinski definition) is 3. The standard InChI is InChI=1S/C22H18F4N4O2/c1-28-11-16-15-8-12(21(32)29-7-6-14(31)10-29)2-5-19(15)30(20(16)27-28)13-3-4-17(18(23)9-13)22(24,25)26/h2-5,8-9,11,14,31H,6-7,10H2,1H3/t14-/m1/s1. The number of halogens is 4.